The highest BCUT2D eigenvalue weighted by Crippen LogP contribution is 2.36. The second kappa shape index (κ2) is 7.35. The second-order valence-corrected chi connectivity index (χ2v) is 8.08. The number of aromatic nitrogens is 2. The number of aliphatic hydroxyl groups is 1. The monoisotopic (exact) mass is 407 g/mol. The molecule has 1 fully saturated rings. The summed E-state index contributed by atoms with van der Waals surface area (Å²) in [5.41, 5.74) is 0.871. The minimum atomic E-state index is -4.37. The number of nitrogens with one attached hydrogen (secondary N) is 1. The van der Waals surface area contributed by atoms with Gasteiger partial charge in [-0.1, -0.05) is 18.2 Å². The topological polar surface area (TPSA) is 52.1 Å². The molecule has 0 aliphatic carbocycles. The van der Waals surface area contributed by atoms with Gasteiger partial charge < -0.3 is 5.11 Å². The van der Waals surface area contributed by atoms with Gasteiger partial charge in [0.25, 0.3) is 0 Å². The Hall–Kier alpha value is -2.16. The maximum Gasteiger partial charge on any atom is 0.416 e. The lowest BCUT2D eigenvalue weighted by Crippen LogP contribution is -2.42. The van der Waals surface area contributed by atoms with Gasteiger partial charge in [0.2, 0.25) is 0 Å². The molecule has 4 rings (SSSR count). The third-order valence-corrected chi connectivity index (χ3v) is 6.20. The molecule has 1 aromatic carbocycles. The van der Waals surface area contributed by atoms with Crippen LogP contribution in [0.25, 0.3) is 10.6 Å². The smallest absolute Gasteiger partial charge is 0.385 e. The van der Waals surface area contributed by atoms with Crippen LogP contribution in [0.4, 0.5) is 13.2 Å². The number of piperidine rings is 1. The van der Waals surface area contributed by atoms with Crippen molar-refractivity contribution < 1.29 is 18.3 Å². The predicted octanol–water partition coefficient (Wildman–Crippen LogP) is 4.64. The lowest BCUT2D eigenvalue weighted by Gasteiger charge is -2.38. The fourth-order valence-corrected chi connectivity index (χ4v) is 4.40. The van der Waals surface area contributed by atoms with Crippen LogP contribution < -0.4 is 0 Å². The summed E-state index contributed by atoms with van der Waals surface area (Å²) in [7, 11) is 0. The van der Waals surface area contributed by atoms with E-state index in [1.807, 2.05) is 23.7 Å². The van der Waals surface area contributed by atoms with Crippen LogP contribution in [0.15, 0.2) is 48.0 Å². The highest BCUT2D eigenvalue weighted by atomic mass is 32.1. The van der Waals surface area contributed by atoms with E-state index >= 15 is 0 Å². The Morgan fingerprint density at radius 2 is 1.86 bits per heavy atom. The largest absolute Gasteiger partial charge is 0.416 e. The van der Waals surface area contributed by atoms with Crippen LogP contribution >= 0.6 is 11.3 Å². The van der Waals surface area contributed by atoms with E-state index in [4.69, 9.17) is 0 Å². The van der Waals surface area contributed by atoms with E-state index in [2.05, 4.69) is 15.1 Å². The van der Waals surface area contributed by atoms with E-state index in [0.717, 1.165) is 28.3 Å². The molecule has 2 aromatic heterocycles. The van der Waals surface area contributed by atoms with Gasteiger partial charge in [-0.3, -0.25) is 10.00 Å². The summed E-state index contributed by atoms with van der Waals surface area (Å²) in [5, 5.41) is 20.2. The molecule has 1 aliphatic rings. The molecular weight excluding hydrogens is 387 g/mol. The summed E-state index contributed by atoms with van der Waals surface area (Å²) in [6.45, 7) is 2.03. The van der Waals surface area contributed by atoms with Crippen LogP contribution in [0.1, 0.15) is 29.5 Å². The number of hydrogen-bond donors (Lipinski definition) is 2. The minimum absolute atomic E-state index is 0.477. The number of nitrogens with zero attached hydrogens (tertiary/aromatic N) is 2. The van der Waals surface area contributed by atoms with Crippen molar-refractivity contribution in [2.45, 2.75) is 31.2 Å². The zero-order valence-electron chi connectivity index (χ0n) is 15.0. The lowest BCUT2D eigenvalue weighted by atomic mass is 9.84. The van der Waals surface area contributed by atoms with Crippen LogP contribution in [0.5, 0.6) is 0 Å². The van der Waals surface area contributed by atoms with Crippen molar-refractivity contribution in [3.63, 3.8) is 0 Å². The molecule has 0 spiro atoms. The average molecular weight is 407 g/mol. The lowest BCUT2D eigenvalue weighted by molar-refractivity contribution is -0.137. The first-order valence-corrected chi connectivity index (χ1v) is 9.92. The van der Waals surface area contributed by atoms with Crippen molar-refractivity contribution in [2.24, 2.45) is 0 Å². The van der Waals surface area contributed by atoms with Crippen molar-refractivity contribution in [3.05, 3.63) is 64.7 Å². The molecule has 3 aromatic rings. The van der Waals surface area contributed by atoms with Gasteiger partial charge in [0.1, 0.15) is 0 Å². The van der Waals surface area contributed by atoms with E-state index < -0.39 is 17.3 Å². The number of aromatic amines is 1. The molecule has 148 valence electrons. The first-order chi connectivity index (χ1) is 13.4. The number of halogens is 3. The number of benzene rings is 1. The molecule has 4 nitrogen and oxygen atoms in total. The maximum atomic E-state index is 12.7. The van der Waals surface area contributed by atoms with E-state index in [0.29, 0.717) is 38.0 Å². The highest BCUT2D eigenvalue weighted by molar-refractivity contribution is 7.13. The molecule has 0 unspecified atom stereocenters. The molecule has 2 N–H and O–H groups in total. The Kier molecular flexibility index (Phi) is 5.03. The molecule has 3 heterocycles. The van der Waals surface area contributed by atoms with Gasteiger partial charge in [0.15, 0.2) is 0 Å². The van der Waals surface area contributed by atoms with E-state index in [1.165, 1.54) is 12.1 Å². The summed E-state index contributed by atoms with van der Waals surface area (Å²) >= 11 is 1.65. The van der Waals surface area contributed by atoms with Crippen LogP contribution in [-0.4, -0.2) is 33.3 Å². The summed E-state index contributed by atoms with van der Waals surface area (Å²) in [6.07, 6.45) is -1.59. The van der Waals surface area contributed by atoms with Gasteiger partial charge >= 0.3 is 6.18 Å². The van der Waals surface area contributed by atoms with Gasteiger partial charge in [-0.2, -0.15) is 18.3 Å². The number of H-pyrrole nitrogens is 1. The van der Waals surface area contributed by atoms with Gasteiger partial charge in [-0.25, -0.2) is 0 Å². The molecule has 0 amide bonds. The normalized spacial score (nSPS) is 17.7. The predicted molar refractivity (Wildman–Crippen MR) is 102 cm³/mol. The van der Waals surface area contributed by atoms with Crippen molar-refractivity contribution in [1.82, 2.24) is 15.1 Å². The number of alkyl halides is 3. The summed E-state index contributed by atoms with van der Waals surface area (Å²) in [5.74, 6) is 0. The van der Waals surface area contributed by atoms with Crippen LogP contribution in [0, 0.1) is 0 Å². The average Bonchev–Trinajstić information content (AvgIpc) is 3.35. The molecule has 0 saturated carbocycles. The Bertz CT molecular complexity index is 911. The molecule has 0 bridgehead atoms. The minimum Gasteiger partial charge on any atom is -0.385 e. The highest BCUT2D eigenvalue weighted by Gasteiger charge is 2.36. The number of thiophene rings is 1. The molecule has 0 atom stereocenters. The molecule has 8 heteroatoms. The first-order valence-electron chi connectivity index (χ1n) is 9.04. The standard InChI is InChI=1S/C20H20F3N3OS/c21-20(22,23)16-5-3-15(4-6-16)19(27)7-9-26(10-8-19)13-14-12-24-25-18(14)17-2-1-11-28-17/h1-6,11-12,27H,7-10,13H2,(H,24,25). The molecule has 1 aliphatic heterocycles. The third-order valence-electron chi connectivity index (χ3n) is 5.31. The van der Waals surface area contributed by atoms with Crippen LogP contribution in [0.2, 0.25) is 0 Å². The number of rotatable bonds is 4. The summed E-state index contributed by atoms with van der Waals surface area (Å²) in [6, 6.07) is 8.90. The zero-order chi connectivity index (χ0) is 19.8. The molecular formula is C20H20F3N3OS. The van der Waals surface area contributed by atoms with Crippen LogP contribution in [-0.2, 0) is 18.3 Å². The Morgan fingerprint density at radius 1 is 1.14 bits per heavy atom. The fraction of sp³-hybridized carbons (Fsp3) is 0.350. The van der Waals surface area contributed by atoms with Crippen molar-refractivity contribution in [3.8, 4) is 10.6 Å². The van der Waals surface area contributed by atoms with Crippen molar-refractivity contribution in [1.29, 1.82) is 0 Å². The van der Waals surface area contributed by atoms with Gasteiger partial charge in [-0.05, 0) is 42.0 Å². The molecule has 28 heavy (non-hydrogen) atoms. The quantitative estimate of drug-likeness (QED) is 0.663. The zero-order valence-corrected chi connectivity index (χ0v) is 15.9. The van der Waals surface area contributed by atoms with E-state index in [9.17, 15) is 18.3 Å². The Morgan fingerprint density at radius 3 is 2.46 bits per heavy atom. The molecule has 1 saturated heterocycles. The Labute approximate surface area is 164 Å². The number of hydrogen-bond acceptors (Lipinski definition) is 4. The van der Waals surface area contributed by atoms with Crippen molar-refractivity contribution in [2.75, 3.05) is 13.1 Å². The summed E-state index contributed by atoms with van der Waals surface area (Å²) in [4.78, 5) is 3.37. The Balaban J connectivity index is 1.41. The van der Waals surface area contributed by atoms with Crippen molar-refractivity contribution >= 4 is 11.3 Å². The second-order valence-electron chi connectivity index (χ2n) is 7.13. The molecule has 0 radical (unpaired) electrons. The van der Waals surface area contributed by atoms with E-state index in [-0.39, 0.29) is 0 Å². The first kappa shape index (κ1) is 19.2. The maximum absolute atomic E-state index is 12.7. The van der Waals surface area contributed by atoms with Gasteiger partial charge in [0.05, 0.1) is 27.9 Å². The number of likely N-dealkylation sites (tertiary alicyclic amines) is 1. The third kappa shape index (κ3) is 3.85. The van der Waals surface area contributed by atoms with Gasteiger partial charge in [0, 0.05) is 25.2 Å². The van der Waals surface area contributed by atoms with Crippen LogP contribution in [0.3, 0.4) is 0 Å². The van der Waals surface area contributed by atoms with Gasteiger partial charge in [-0.15, -0.1) is 11.3 Å². The summed E-state index contributed by atoms with van der Waals surface area (Å²) < 4.78 is 38.2. The fourth-order valence-electron chi connectivity index (χ4n) is 3.65. The van der Waals surface area contributed by atoms with E-state index in [1.54, 1.807) is 11.3 Å². The SMILES string of the molecule is OC1(c2ccc(C(F)(F)F)cc2)CCN(Cc2cn[nH]c2-c2cccs2)CC1.